The topological polar surface area (TPSA) is 162 Å². The van der Waals surface area contributed by atoms with Gasteiger partial charge in [-0.2, -0.15) is 30.0 Å². The average Bonchev–Trinajstić information content (AvgIpc) is 2.60. The van der Waals surface area contributed by atoms with Crippen LogP contribution in [0.5, 0.6) is 5.75 Å². The Labute approximate surface area is 176 Å². The maximum Gasteiger partial charge on any atom is 0.416 e. The molecular weight excluding hydrogens is 495 g/mol. The number of anilines is 1. The average molecular weight is 504 g/mol. The van der Waals surface area contributed by atoms with Crippen LogP contribution in [0.1, 0.15) is 5.56 Å². The lowest BCUT2D eigenvalue weighted by Crippen LogP contribution is -2.31. The summed E-state index contributed by atoms with van der Waals surface area (Å²) in [5, 5.41) is 13.0. The maximum absolute atomic E-state index is 12.8. The highest BCUT2D eigenvalue weighted by Crippen LogP contribution is 2.33. The van der Waals surface area contributed by atoms with Gasteiger partial charge in [-0.15, -0.1) is 0 Å². The number of nitrogens with one attached hydrogen (secondary N) is 2. The van der Waals surface area contributed by atoms with Crippen molar-refractivity contribution in [2.45, 2.75) is 11.1 Å². The largest absolute Gasteiger partial charge is 0.416 e. The molecule has 11 nitrogen and oxygen atoms in total. The highest BCUT2D eigenvalue weighted by atomic mass is 35.7. The molecule has 0 spiro atoms. The Hall–Kier alpha value is -3.11. The summed E-state index contributed by atoms with van der Waals surface area (Å²) in [7, 11) is -4.51. The minimum atomic E-state index is -4.82. The van der Waals surface area contributed by atoms with Gasteiger partial charge in [0.05, 0.1) is 16.6 Å². The molecule has 0 aromatic heterocycles. The van der Waals surface area contributed by atoms with Crippen LogP contribution in [0, 0.1) is 10.1 Å². The number of hydrogen-bond donors (Lipinski definition) is 2. The van der Waals surface area contributed by atoms with Crippen molar-refractivity contribution >= 4 is 47.4 Å². The normalized spacial score (nSPS) is 12.1. The van der Waals surface area contributed by atoms with E-state index in [1.807, 2.05) is 5.32 Å². The van der Waals surface area contributed by atoms with Gasteiger partial charge in [0.1, 0.15) is 16.3 Å². The molecule has 0 aliphatic heterocycles. The lowest BCUT2D eigenvalue weighted by Gasteiger charge is -2.11. The van der Waals surface area contributed by atoms with Gasteiger partial charge in [0.2, 0.25) is 0 Å². The summed E-state index contributed by atoms with van der Waals surface area (Å²) in [5.74, 6) is -0.667. The first-order valence-corrected chi connectivity index (χ1v) is 11.2. The molecule has 2 N–H and O–H groups in total. The van der Waals surface area contributed by atoms with Gasteiger partial charge in [-0.1, -0.05) is 6.07 Å². The molecule has 0 radical (unpaired) electrons. The van der Waals surface area contributed by atoms with Crippen molar-refractivity contribution in [3.63, 3.8) is 0 Å². The predicted molar refractivity (Wildman–Crippen MR) is 99.3 cm³/mol. The molecule has 17 heteroatoms. The number of urea groups is 1. The molecule has 168 valence electrons. The fourth-order valence-corrected chi connectivity index (χ4v) is 3.53. The van der Waals surface area contributed by atoms with Crippen molar-refractivity contribution in [2.75, 3.05) is 5.32 Å². The van der Waals surface area contributed by atoms with Crippen molar-refractivity contribution in [1.82, 2.24) is 4.72 Å². The summed E-state index contributed by atoms with van der Waals surface area (Å²) in [6.07, 6.45) is -4.82. The highest BCUT2D eigenvalue weighted by Gasteiger charge is 2.32. The van der Waals surface area contributed by atoms with E-state index < -0.39 is 64.1 Å². The molecule has 0 saturated carbocycles. The van der Waals surface area contributed by atoms with E-state index in [1.54, 1.807) is 0 Å². The quantitative estimate of drug-likeness (QED) is 0.263. The fourth-order valence-electron chi connectivity index (χ4n) is 2.08. The Morgan fingerprint density at radius 1 is 1.10 bits per heavy atom. The summed E-state index contributed by atoms with van der Waals surface area (Å²) in [4.78, 5) is 20.8. The molecule has 0 unspecified atom stereocenters. The van der Waals surface area contributed by atoms with E-state index in [2.05, 4.69) is 4.18 Å². The second kappa shape index (κ2) is 8.56. The third kappa shape index (κ3) is 6.69. The van der Waals surface area contributed by atoms with Crippen LogP contribution in [-0.4, -0.2) is 27.8 Å². The molecule has 0 atom stereocenters. The first-order valence-electron chi connectivity index (χ1n) is 7.52. The Balaban J connectivity index is 2.35. The molecular formula is C14H9ClF3N3O8S2. The number of nitrogens with zero attached hydrogens (tertiary/aromatic N) is 1. The Bertz CT molecular complexity index is 1250. The monoisotopic (exact) mass is 503 g/mol. The lowest BCUT2D eigenvalue weighted by atomic mass is 10.2. The molecule has 0 aliphatic rings. The summed E-state index contributed by atoms with van der Waals surface area (Å²) >= 11 is 0. The third-order valence-electron chi connectivity index (χ3n) is 3.28. The van der Waals surface area contributed by atoms with Gasteiger partial charge in [0.25, 0.3) is 5.69 Å². The van der Waals surface area contributed by atoms with E-state index in [9.17, 15) is 44.9 Å². The van der Waals surface area contributed by atoms with Gasteiger partial charge in [-0.3, -0.25) is 10.1 Å². The highest BCUT2D eigenvalue weighted by molar-refractivity contribution is 8.12. The summed E-state index contributed by atoms with van der Waals surface area (Å²) in [6, 6.07) is 3.34. The van der Waals surface area contributed by atoms with Crippen molar-refractivity contribution in [3.05, 3.63) is 58.1 Å². The minimum Gasteiger partial charge on any atom is -0.379 e. The van der Waals surface area contributed by atoms with Crippen LogP contribution in [0.2, 0.25) is 0 Å². The molecule has 2 amide bonds. The van der Waals surface area contributed by atoms with Crippen LogP contribution in [0.25, 0.3) is 0 Å². The SMILES string of the molecule is O=C(Nc1ccc(OS(=O)(=O)c2cccc(C(F)(F)F)c2)cc1[N+](=O)[O-])NS(=O)(=O)Cl. The fraction of sp³-hybridized carbons (Fsp3) is 0.0714. The molecule has 2 aromatic rings. The summed E-state index contributed by atoms with van der Waals surface area (Å²) < 4.78 is 90.3. The lowest BCUT2D eigenvalue weighted by molar-refractivity contribution is -0.384. The second-order valence-corrected chi connectivity index (χ2v) is 9.34. The van der Waals surface area contributed by atoms with Gasteiger partial charge < -0.3 is 9.50 Å². The first-order chi connectivity index (χ1) is 14.1. The first kappa shape index (κ1) is 24.2. The van der Waals surface area contributed by atoms with E-state index in [1.165, 1.54) is 4.72 Å². The van der Waals surface area contributed by atoms with E-state index in [0.29, 0.717) is 18.2 Å². The number of rotatable bonds is 6. The maximum atomic E-state index is 12.8. The van der Waals surface area contributed by atoms with Gasteiger partial charge in [0.15, 0.2) is 0 Å². The molecule has 0 aliphatic carbocycles. The van der Waals surface area contributed by atoms with E-state index >= 15 is 0 Å². The van der Waals surface area contributed by atoms with Crippen LogP contribution in [0.3, 0.4) is 0 Å². The standard InChI is InChI=1S/C14H9ClF3N3O8S2/c15-31(27,28)20-13(22)19-11-5-4-9(7-12(11)21(23)24)29-30(25,26)10-3-1-2-8(6-10)14(16,17)18/h1-7H,(H2,19,20,22). The zero-order valence-electron chi connectivity index (χ0n) is 14.6. The number of nitro benzene ring substituents is 1. The number of amides is 2. The molecule has 31 heavy (non-hydrogen) atoms. The van der Waals surface area contributed by atoms with Gasteiger partial charge in [0, 0.05) is 10.7 Å². The van der Waals surface area contributed by atoms with Crippen LogP contribution in [0.15, 0.2) is 47.4 Å². The Morgan fingerprint density at radius 2 is 1.74 bits per heavy atom. The van der Waals surface area contributed by atoms with Crippen molar-refractivity contribution < 1.29 is 43.9 Å². The molecule has 0 heterocycles. The summed E-state index contributed by atoms with van der Waals surface area (Å²) in [5.41, 5.74) is -2.74. The Kier molecular flexibility index (Phi) is 6.67. The molecule has 0 fully saturated rings. The smallest absolute Gasteiger partial charge is 0.379 e. The summed E-state index contributed by atoms with van der Waals surface area (Å²) in [6.45, 7) is 0. The van der Waals surface area contributed by atoms with Crippen LogP contribution in [-0.2, 0) is 25.5 Å². The molecule has 0 saturated heterocycles. The molecule has 2 rings (SSSR count). The molecule has 2 aromatic carbocycles. The number of alkyl halides is 3. The van der Waals surface area contributed by atoms with Crippen LogP contribution >= 0.6 is 10.7 Å². The van der Waals surface area contributed by atoms with Gasteiger partial charge in [-0.25, -0.2) is 9.52 Å². The van der Waals surface area contributed by atoms with Crippen LogP contribution < -0.4 is 14.2 Å². The number of benzene rings is 2. The minimum absolute atomic E-state index is 0.316. The number of nitro groups is 1. The van der Waals surface area contributed by atoms with E-state index in [4.69, 9.17) is 10.7 Å². The number of carbonyl (C=O) groups excluding carboxylic acids is 1. The van der Waals surface area contributed by atoms with Gasteiger partial charge >= 0.3 is 31.6 Å². The zero-order chi connectivity index (χ0) is 23.6. The second-order valence-electron chi connectivity index (χ2n) is 5.49. The van der Waals surface area contributed by atoms with E-state index in [0.717, 1.165) is 24.3 Å². The van der Waals surface area contributed by atoms with Gasteiger partial charge in [-0.05, 0) is 30.3 Å². The number of carbonyl (C=O) groups is 1. The number of hydrogen-bond acceptors (Lipinski definition) is 8. The van der Waals surface area contributed by atoms with Crippen molar-refractivity contribution in [3.8, 4) is 5.75 Å². The van der Waals surface area contributed by atoms with E-state index in [-0.39, 0.29) is 0 Å². The van der Waals surface area contributed by atoms with Crippen LogP contribution in [0.4, 0.5) is 29.3 Å². The third-order valence-corrected chi connectivity index (χ3v) is 5.19. The molecule has 0 bridgehead atoms. The Morgan fingerprint density at radius 3 is 2.29 bits per heavy atom. The number of halogens is 4. The zero-order valence-corrected chi connectivity index (χ0v) is 17.0. The van der Waals surface area contributed by atoms with Crippen molar-refractivity contribution in [2.24, 2.45) is 0 Å². The van der Waals surface area contributed by atoms with Crippen molar-refractivity contribution in [1.29, 1.82) is 0 Å². The predicted octanol–water partition coefficient (Wildman–Crippen LogP) is 2.99.